The average molecular weight is 426 g/mol. The number of anilines is 1. The predicted molar refractivity (Wildman–Crippen MR) is 82.3 cm³/mol. The van der Waals surface area contributed by atoms with Gasteiger partial charge in [-0.15, -0.1) is 0 Å². The fraction of sp³-hybridized carbons (Fsp3) is 0.182. The van der Waals surface area contributed by atoms with Crippen LogP contribution in [0.5, 0.6) is 0 Å². The summed E-state index contributed by atoms with van der Waals surface area (Å²) in [6, 6.07) is 5.84. The number of nitrogens with two attached hydrogens (primary N) is 1. The Bertz CT molecular complexity index is 568. The molecule has 3 nitrogen and oxygen atoms in total. The fourth-order valence-electron chi connectivity index (χ4n) is 1.51. The summed E-state index contributed by atoms with van der Waals surface area (Å²) in [5, 5.41) is 5.08. The van der Waals surface area contributed by atoms with E-state index in [9.17, 15) is 0 Å². The van der Waals surface area contributed by atoms with E-state index >= 15 is 0 Å². The molecule has 0 saturated heterocycles. The lowest BCUT2D eigenvalue weighted by Crippen LogP contribution is -2.06. The van der Waals surface area contributed by atoms with Crippen LogP contribution in [0.4, 0.5) is 5.82 Å². The van der Waals surface area contributed by atoms with Gasteiger partial charge >= 0.3 is 0 Å². The standard InChI is InChI=1S/C11H10BrClIN3/c1-6-10(14)11(15)17(16-6)5-7-2-3-8(12)9(13)4-7/h2-4H,5,15H2,1H3. The van der Waals surface area contributed by atoms with Gasteiger partial charge in [0.15, 0.2) is 0 Å². The lowest BCUT2D eigenvalue weighted by atomic mass is 10.2. The fourth-order valence-corrected chi connectivity index (χ4v) is 2.35. The molecule has 0 radical (unpaired) electrons. The third kappa shape index (κ3) is 2.77. The first-order chi connectivity index (χ1) is 7.99. The molecule has 1 aromatic carbocycles. The van der Waals surface area contributed by atoms with Crippen molar-refractivity contribution in [3.05, 3.63) is 42.5 Å². The minimum Gasteiger partial charge on any atom is -0.383 e. The Morgan fingerprint density at radius 2 is 2.24 bits per heavy atom. The van der Waals surface area contributed by atoms with Gasteiger partial charge in [-0.3, -0.25) is 0 Å². The minimum atomic E-state index is 0.628. The Kier molecular flexibility index (Phi) is 3.99. The molecule has 2 aromatic rings. The van der Waals surface area contributed by atoms with Crippen molar-refractivity contribution < 1.29 is 0 Å². The molecule has 0 aliphatic rings. The van der Waals surface area contributed by atoms with Crippen LogP contribution in [0.1, 0.15) is 11.3 Å². The van der Waals surface area contributed by atoms with Crippen molar-refractivity contribution in [2.24, 2.45) is 0 Å². The van der Waals surface area contributed by atoms with Crippen LogP contribution in [0.25, 0.3) is 0 Å². The van der Waals surface area contributed by atoms with Gasteiger partial charge in [0.2, 0.25) is 0 Å². The molecule has 1 aromatic heterocycles. The van der Waals surface area contributed by atoms with Crippen molar-refractivity contribution in [2.75, 3.05) is 5.73 Å². The van der Waals surface area contributed by atoms with E-state index < -0.39 is 0 Å². The highest BCUT2D eigenvalue weighted by Crippen LogP contribution is 2.25. The molecule has 0 fully saturated rings. The van der Waals surface area contributed by atoms with E-state index in [1.807, 2.05) is 25.1 Å². The maximum atomic E-state index is 6.05. The zero-order valence-corrected chi connectivity index (χ0v) is 13.5. The van der Waals surface area contributed by atoms with E-state index in [2.05, 4.69) is 43.6 Å². The maximum absolute atomic E-state index is 6.05. The lowest BCUT2D eigenvalue weighted by molar-refractivity contribution is 0.689. The average Bonchev–Trinajstić information content (AvgIpc) is 2.52. The number of rotatable bonds is 2. The van der Waals surface area contributed by atoms with E-state index in [4.69, 9.17) is 17.3 Å². The Balaban J connectivity index is 2.31. The summed E-state index contributed by atoms with van der Waals surface area (Å²) < 4.78 is 3.68. The highest BCUT2D eigenvalue weighted by Gasteiger charge is 2.10. The van der Waals surface area contributed by atoms with Crippen molar-refractivity contribution in [2.45, 2.75) is 13.5 Å². The van der Waals surface area contributed by atoms with Crippen molar-refractivity contribution >= 4 is 55.9 Å². The van der Waals surface area contributed by atoms with Crippen LogP contribution in [0.2, 0.25) is 5.02 Å². The van der Waals surface area contributed by atoms with Crippen LogP contribution in [0, 0.1) is 10.5 Å². The number of benzene rings is 1. The predicted octanol–water partition coefficient (Wildman–Crippen LogP) is 3.84. The molecular formula is C11H10BrClIN3. The first-order valence-electron chi connectivity index (χ1n) is 4.91. The normalized spacial score (nSPS) is 10.8. The van der Waals surface area contributed by atoms with Gasteiger partial charge in [-0.25, -0.2) is 4.68 Å². The van der Waals surface area contributed by atoms with Crippen molar-refractivity contribution in [1.29, 1.82) is 0 Å². The molecule has 2 rings (SSSR count). The maximum Gasteiger partial charge on any atom is 0.135 e. The Morgan fingerprint density at radius 3 is 2.76 bits per heavy atom. The lowest BCUT2D eigenvalue weighted by Gasteiger charge is -2.05. The van der Waals surface area contributed by atoms with E-state index in [0.29, 0.717) is 17.4 Å². The summed E-state index contributed by atoms with van der Waals surface area (Å²) in [6.07, 6.45) is 0. The summed E-state index contributed by atoms with van der Waals surface area (Å²) in [6.45, 7) is 2.58. The highest BCUT2D eigenvalue weighted by molar-refractivity contribution is 14.1. The first-order valence-corrected chi connectivity index (χ1v) is 7.16. The van der Waals surface area contributed by atoms with Crippen LogP contribution in [0.15, 0.2) is 22.7 Å². The molecule has 0 unspecified atom stereocenters. The molecular weight excluding hydrogens is 416 g/mol. The molecule has 0 saturated carbocycles. The van der Waals surface area contributed by atoms with Gasteiger partial charge in [0.1, 0.15) is 5.82 Å². The van der Waals surface area contributed by atoms with Gasteiger partial charge in [0.05, 0.1) is 20.8 Å². The molecule has 1 heterocycles. The number of hydrogen-bond donors (Lipinski definition) is 1. The summed E-state index contributed by atoms with van der Waals surface area (Å²) >= 11 is 11.6. The minimum absolute atomic E-state index is 0.628. The summed E-state index contributed by atoms with van der Waals surface area (Å²) in [5.74, 6) is 0.696. The molecule has 0 bridgehead atoms. The Hall–Kier alpha value is -0.270. The smallest absolute Gasteiger partial charge is 0.135 e. The topological polar surface area (TPSA) is 43.8 Å². The number of hydrogen-bond acceptors (Lipinski definition) is 2. The van der Waals surface area contributed by atoms with Crippen LogP contribution >= 0.6 is 50.1 Å². The van der Waals surface area contributed by atoms with Crippen LogP contribution in [-0.4, -0.2) is 9.78 Å². The number of halogens is 3. The Labute approximate surface area is 127 Å². The molecule has 0 aliphatic heterocycles. The largest absolute Gasteiger partial charge is 0.383 e. The van der Waals surface area contributed by atoms with Crippen LogP contribution in [-0.2, 0) is 6.54 Å². The van der Waals surface area contributed by atoms with Gasteiger partial charge in [-0.05, 0) is 63.1 Å². The van der Waals surface area contributed by atoms with E-state index in [1.54, 1.807) is 4.68 Å². The first kappa shape index (κ1) is 13.2. The SMILES string of the molecule is Cc1nn(Cc2ccc(Br)c(Cl)c2)c(N)c1I. The molecule has 17 heavy (non-hydrogen) atoms. The van der Waals surface area contributed by atoms with Gasteiger partial charge < -0.3 is 5.73 Å². The van der Waals surface area contributed by atoms with Gasteiger partial charge in [0, 0.05) is 4.47 Å². The molecule has 90 valence electrons. The second-order valence-corrected chi connectivity index (χ2v) is 6.03. The summed E-state index contributed by atoms with van der Waals surface area (Å²) in [7, 11) is 0. The number of aryl methyl sites for hydroxylation is 1. The molecule has 0 atom stereocenters. The highest BCUT2D eigenvalue weighted by atomic mass is 127. The van der Waals surface area contributed by atoms with Crippen molar-refractivity contribution in [3.63, 3.8) is 0 Å². The van der Waals surface area contributed by atoms with Crippen LogP contribution < -0.4 is 5.73 Å². The molecule has 0 aliphatic carbocycles. The summed E-state index contributed by atoms with van der Waals surface area (Å²) in [5.41, 5.74) is 7.99. The second-order valence-electron chi connectivity index (χ2n) is 3.69. The zero-order valence-electron chi connectivity index (χ0n) is 9.04. The zero-order chi connectivity index (χ0) is 12.6. The Morgan fingerprint density at radius 1 is 1.53 bits per heavy atom. The second kappa shape index (κ2) is 5.16. The third-order valence-electron chi connectivity index (χ3n) is 2.41. The van der Waals surface area contributed by atoms with Crippen molar-refractivity contribution in [1.82, 2.24) is 9.78 Å². The number of nitrogen functional groups attached to an aromatic ring is 1. The number of aromatic nitrogens is 2. The van der Waals surface area contributed by atoms with E-state index in [0.717, 1.165) is 19.3 Å². The van der Waals surface area contributed by atoms with Crippen LogP contribution in [0.3, 0.4) is 0 Å². The molecule has 0 amide bonds. The quantitative estimate of drug-likeness (QED) is 0.742. The molecule has 2 N–H and O–H groups in total. The molecule has 0 spiro atoms. The monoisotopic (exact) mass is 425 g/mol. The third-order valence-corrected chi connectivity index (χ3v) is 4.97. The van der Waals surface area contributed by atoms with Gasteiger partial charge in [-0.2, -0.15) is 5.10 Å². The summed E-state index contributed by atoms with van der Waals surface area (Å²) in [4.78, 5) is 0. The van der Waals surface area contributed by atoms with E-state index in [1.165, 1.54) is 0 Å². The molecule has 6 heteroatoms. The van der Waals surface area contributed by atoms with E-state index in [-0.39, 0.29) is 0 Å². The van der Waals surface area contributed by atoms with Gasteiger partial charge in [0.25, 0.3) is 0 Å². The number of nitrogens with zero attached hydrogens (tertiary/aromatic N) is 2. The van der Waals surface area contributed by atoms with Crippen molar-refractivity contribution in [3.8, 4) is 0 Å². The van der Waals surface area contributed by atoms with Gasteiger partial charge in [-0.1, -0.05) is 17.7 Å².